The van der Waals surface area contributed by atoms with E-state index in [1.807, 2.05) is 0 Å². The van der Waals surface area contributed by atoms with Crippen molar-refractivity contribution in [2.75, 3.05) is 4.90 Å². The highest BCUT2D eigenvalue weighted by atomic mass is 35.5. The van der Waals surface area contributed by atoms with Crippen molar-refractivity contribution in [3.8, 4) is 0 Å². The van der Waals surface area contributed by atoms with E-state index in [9.17, 15) is 9.59 Å². The van der Waals surface area contributed by atoms with Crippen molar-refractivity contribution >= 4 is 29.1 Å². The standard InChI is InChI=1S/C15H12ClNO2/c16-10-3-5-11(6-4-10)17-14(18)12-8-1-2-9(7-8)13(12)15(17)19/h1-6,8-9,12-13H,7H2/t8-,9?,12+,13-/m1/s1. The average Bonchev–Trinajstić information content (AvgIpc) is 3.06. The van der Waals surface area contributed by atoms with Crippen molar-refractivity contribution in [1.82, 2.24) is 0 Å². The van der Waals surface area contributed by atoms with Gasteiger partial charge in [-0.3, -0.25) is 14.5 Å². The van der Waals surface area contributed by atoms with Gasteiger partial charge >= 0.3 is 0 Å². The minimum Gasteiger partial charge on any atom is -0.274 e. The first-order chi connectivity index (χ1) is 9.16. The first-order valence-corrected chi connectivity index (χ1v) is 6.86. The molecule has 0 radical (unpaired) electrons. The zero-order valence-electron chi connectivity index (χ0n) is 10.1. The highest BCUT2D eigenvalue weighted by Crippen LogP contribution is 2.53. The van der Waals surface area contributed by atoms with Crippen LogP contribution in [0.15, 0.2) is 36.4 Å². The second-order valence-corrected chi connectivity index (χ2v) is 5.92. The van der Waals surface area contributed by atoms with Crippen LogP contribution in [-0.4, -0.2) is 11.8 Å². The lowest BCUT2D eigenvalue weighted by Gasteiger charge is -2.17. The van der Waals surface area contributed by atoms with Crippen LogP contribution in [0, 0.1) is 23.7 Å². The number of rotatable bonds is 1. The van der Waals surface area contributed by atoms with Gasteiger partial charge in [-0.1, -0.05) is 23.8 Å². The van der Waals surface area contributed by atoms with Crippen LogP contribution < -0.4 is 4.90 Å². The molecule has 1 aliphatic heterocycles. The fourth-order valence-electron chi connectivity index (χ4n) is 3.75. The molecule has 1 aromatic rings. The molecule has 4 atom stereocenters. The Kier molecular flexibility index (Phi) is 2.19. The molecule has 2 fully saturated rings. The first-order valence-electron chi connectivity index (χ1n) is 6.48. The minimum atomic E-state index is -0.141. The highest BCUT2D eigenvalue weighted by molar-refractivity contribution is 6.30. The molecule has 19 heavy (non-hydrogen) atoms. The fraction of sp³-hybridized carbons (Fsp3) is 0.333. The normalized spacial score (nSPS) is 35.3. The molecule has 0 aromatic heterocycles. The van der Waals surface area contributed by atoms with E-state index in [1.54, 1.807) is 24.3 Å². The number of halogens is 1. The molecule has 2 aliphatic carbocycles. The number of nitrogens with zero attached hydrogens (tertiary/aromatic N) is 1. The van der Waals surface area contributed by atoms with E-state index >= 15 is 0 Å². The van der Waals surface area contributed by atoms with Crippen molar-refractivity contribution in [2.24, 2.45) is 23.7 Å². The lowest BCUT2D eigenvalue weighted by molar-refractivity contribution is -0.123. The quantitative estimate of drug-likeness (QED) is 0.583. The zero-order chi connectivity index (χ0) is 13.1. The van der Waals surface area contributed by atoms with Crippen LogP contribution in [0.2, 0.25) is 5.02 Å². The van der Waals surface area contributed by atoms with Gasteiger partial charge in [0.05, 0.1) is 17.5 Å². The maximum absolute atomic E-state index is 12.5. The van der Waals surface area contributed by atoms with Crippen molar-refractivity contribution in [3.63, 3.8) is 0 Å². The van der Waals surface area contributed by atoms with Gasteiger partial charge in [-0.05, 0) is 42.5 Å². The number of anilines is 1. The van der Waals surface area contributed by atoms with Crippen LogP contribution in [0.1, 0.15) is 6.42 Å². The SMILES string of the molecule is O=C1[C@H]2[C@@H]3C=CC(C3)[C@H]2C(=O)N1c1ccc(Cl)cc1. The molecule has 3 aliphatic rings. The van der Waals surface area contributed by atoms with Crippen LogP contribution in [0.5, 0.6) is 0 Å². The van der Waals surface area contributed by atoms with Crippen molar-refractivity contribution in [3.05, 3.63) is 41.4 Å². The molecule has 0 spiro atoms. The molecule has 4 heteroatoms. The van der Waals surface area contributed by atoms with E-state index in [4.69, 9.17) is 11.6 Å². The summed E-state index contributed by atoms with van der Waals surface area (Å²) in [5.74, 6) is 0.132. The number of hydrogen-bond acceptors (Lipinski definition) is 2. The van der Waals surface area contributed by atoms with E-state index in [0.29, 0.717) is 10.7 Å². The molecule has 96 valence electrons. The molecule has 2 bridgehead atoms. The minimum absolute atomic E-state index is 0.0471. The Morgan fingerprint density at radius 3 is 2.00 bits per heavy atom. The molecule has 4 rings (SSSR count). The topological polar surface area (TPSA) is 37.4 Å². The van der Waals surface area contributed by atoms with Gasteiger partial charge in [0, 0.05) is 5.02 Å². The Balaban J connectivity index is 1.74. The van der Waals surface area contributed by atoms with Crippen LogP contribution in [0.4, 0.5) is 5.69 Å². The fourth-order valence-corrected chi connectivity index (χ4v) is 3.87. The van der Waals surface area contributed by atoms with E-state index in [0.717, 1.165) is 6.42 Å². The van der Waals surface area contributed by atoms with Gasteiger partial charge in [0.1, 0.15) is 0 Å². The molecule has 1 saturated heterocycles. The summed E-state index contributed by atoms with van der Waals surface area (Å²) in [7, 11) is 0. The molecule has 1 saturated carbocycles. The van der Waals surface area contributed by atoms with Crippen LogP contribution in [0.3, 0.4) is 0 Å². The second kappa shape index (κ2) is 3.70. The lowest BCUT2D eigenvalue weighted by atomic mass is 9.85. The van der Waals surface area contributed by atoms with Crippen LogP contribution in [-0.2, 0) is 9.59 Å². The Bertz CT molecular complexity index is 577. The summed E-state index contributed by atoms with van der Waals surface area (Å²) >= 11 is 5.84. The number of amides is 2. The summed E-state index contributed by atoms with van der Waals surface area (Å²) in [6, 6.07) is 6.87. The smallest absolute Gasteiger partial charge is 0.238 e. The largest absolute Gasteiger partial charge is 0.274 e. The summed E-state index contributed by atoms with van der Waals surface area (Å²) in [5, 5.41) is 0.602. The summed E-state index contributed by atoms with van der Waals surface area (Å²) in [6.45, 7) is 0. The van der Waals surface area contributed by atoms with E-state index < -0.39 is 0 Å². The molecule has 3 nitrogen and oxygen atoms in total. The van der Waals surface area contributed by atoms with E-state index in [2.05, 4.69) is 12.2 Å². The number of fused-ring (bicyclic) bond motifs is 5. The predicted molar refractivity (Wildman–Crippen MR) is 71.7 cm³/mol. The zero-order valence-corrected chi connectivity index (χ0v) is 10.9. The summed E-state index contributed by atoms with van der Waals surface area (Å²) in [6.07, 6.45) is 5.16. The lowest BCUT2D eigenvalue weighted by Crippen LogP contribution is -2.32. The second-order valence-electron chi connectivity index (χ2n) is 5.49. The molecule has 2 amide bonds. The third-order valence-corrected chi connectivity index (χ3v) is 4.81. The number of carbonyl (C=O) groups excluding carboxylic acids is 2. The van der Waals surface area contributed by atoms with Gasteiger partial charge < -0.3 is 0 Å². The third-order valence-electron chi connectivity index (χ3n) is 4.56. The summed E-state index contributed by atoms with van der Waals surface area (Å²) in [5.41, 5.74) is 0.633. The van der Waals surface area contributed by atoms with Gasteiger partial charge in [0.25, 0.3) is 0 Å². The Morgan fingerprint density at radius 1 is 0.947 bits per heavy atom. The van der Waals surface area contributed by atoms with Crippen molar-refractivity contribution < 1.29 is 9.59 Å². The average molecular weight is 274 g/mol. The van der Waals surface area contributed by atoms with Gasteiger partial charge in [0.15, 0.2) is 0 Å². The number of benzene rings is 1. The molecule has 1 unspecified atom stereocenters. The first kappa shape index (κ1) is 11.2. The summed E-state index contributed by atoms with van der Waals surface area (Å²) in [4.78, 5) is 26.4. The third kappa shape index (κ3) is 1.39. The van der Waals surface area contributed by atoms with Gasteiger partial charge in [-0.25, -0.2) is 0 Å². The maximum atomic E-state index is 12.5. The van der Waals surface area contributed by atoms with Crippen LogP contribution in [0.25, 0.3) is 0 Å². The molecular formula is C15H12ClNO2. The summed E-state index contributed by atoms with van der Waals surface area (Å²) < 4.78 is 0. The Hall–Kier alpha value is -1.61. The monoisotopic (exact) mass is 273 g/mol. The Labute approximate surface area is 115 Å². The molecular weight excluding hydrogens is 262 g/mol. The number of hydrogen-bond donors (Lipinski definition) is 0. The maximum Gasteiger partial charge on any atom is 0.238 e. The van der Waals surface area contributed by atoms with E-state index in [-0.39, 0.29) is 35.5 Å². The number of allylic oxidation sites excluding steroid dienone is 2. The highest BCUT2D eigenvalue weighted by Gasteiger charge is 2.59. The van der Waals surface area contributed by atoms with Gasteiger partial charge in [-0.15, -0.1) is 0 Å². The molecule has 1 aromatic carbocycles. The Morgan fingerprint density at radius 2 is 1.47 bits per heavy atom. The van der Waals surface area contributed by atoms with Gasteiger partial charge in [0.2, 0.25) is 11.8 Å². The van der Waals surface area contributed by atoms with Gasteiger partial charge in [-0.2, -0.15) is 0 Å². The molecule has 1 heterocycles. The van der Waals surface area contributed by atoms with Crippen LogP contribution >= 0.6 is 11.6 Å². The number of imide groups is 1. The predicted octanol–water partition coefficient (Wildman–Crippen LogP) is 2.65. The van der Waals surface area contributed by atoms with E-state index in [1.165, 1.54) is 4.90 Å². The van der Waals surface area contributed by atoms with Crippen molar-refractivity contribution in [1.29, 1.82) is 0 Å². The van der Waals surface area contributed by atoms with Crippen molar-refractivity contribution in [2.45, 2.75) is 6.42 Å². The molecule has 0 N–H and O–H groups in total. The number of carbonyl (C=O) groups is 2.